The van der Waals surface area contributed by atoms with Crippen LogP contribution in [-0.2, 0) is 0 Å². The molecule has 0 heterocycles. The standard InChI is InChI=1S/C18H38N2/c1-6-12-18(4,14-19-5)15-20(13-11-16(2)3)17-9-7-8-10-17/h16-17,19H,6-15H2,1-5H3. The van der Waals surface area contributed by atoms with Crippen molar-refractivity contribution in [1.29, 1.82) is 0 Å². The van der Waals surface area contributed by atoms with Gasteiger partial charge in [0.15, 0.2) is 0 Å². The monoisotopic (exact) mass is 282 g/mol. The molecule has 0 aromatic heterocycles. The van der Waals surface area contributed by atoms with Crippen LogP contribution in [0, 0.1) is 11.3 Å². The summed E-state index contributed by atoms with van der Waals surface area (Å²) in [5.74, 6) is 0.820. The molecule has 2 heteroatoms. The molecule has 1 N–H and O–H groups in total. The third-order valence-corrected chi connectivity index (χ3v) is 4.88. The first-order valence-corrected chi connectivity index (χ1v) is 8.89. The van der Waals surface area contributed by atoms with Gasteiger partial charge >= 0.3 is 0 Å². The minimum Gasteiger partial charge on any atom is -0.319 e. The molecular formula is C18H38N2. The summed E-state index contributed by atoms with van der Waals surface area (Å²) in [6, 6.07) is 0.863. The van der Waals surface area contributed by atoms with Crippen LogP contribution in [0.3, 0.4) is 0 Å². The molecule has 1 aliphatic carbocycles. The van der Waals surface area contributed by atoms with Gasteiger partial charge in [-0.25, -0.2) is 0 Å². The highest BCUT2D eigenvalue weighted by molar-refractivity contribution is 4.85. The van der Waals surface area contributed by atoms with Crippen LogP contribution in [0.2, 0.25) is 0 Å². The third kappa shape index (κ3) is 6.13. The second-order valence-corrected chi connectivity index (χ2v) is 7.68. The first kappa shape index (κ1) is 18.0. The fraction of sp³-hybridized carbons (Fsp3) is 1.00. The second-order valence-electron chi connectivity index (χ2n) is 7.68. The van der Waals surface area contributed by atoms with Crippen LogP contribution in [0.25, 0.3) is 0 Å². The van der Waals surface area contributed by atoms with E-state index in [1.165, 1.54) is 58.0 Å². The Hall–Kier alpha value is -0.0800. The van der Waals surface area contributed by atoms with Gasteiger partial charge in [0.2, 0.25) is 0 Å². The van der Waals surface area contributed by atoms with Crippen LogP contribution in [0.15, 0.2) is 0 Å². The molecule has 0 aromatic carbocycles. The molecule has 0 saturated heterocycles. The largest absolute Gasteiger partial charge is 0.319 e. The van der Waals surface area contributed by atoms with Crippen molar-refractivity contribution in [3.63, 3.8) is 0 Å². The molecule has 20 heavy (non-hydrogen) atoms. The topological polar surface area (TPSA) is 15.3 Å². The van der Waals surface area contributed by atoms with E-state index in [1.807, 2.05) is 0 Å². The zero-order valence-electron chi connectivity index (χ0n) is 14.7. The Balaban J connectivity index is 2.64. The summed E-state index contributed by atoms with van der Waals surface area (Å²) >= 11 is 0. The van der Waals surface area contributed by atoms with E-state index in [1.54, 1.807) is 0 Å². The first-order chi connectivity index (χ1) is 9.50. The van der Waals surface area contributed by atoms with Crippen LogP contribution >= 0.6 is 0 Å². The Morgan fingerprint density at radius 2 is 1.90 bits per heavy atom. The smallest absolute Gasteiger partial charge is 0.00955 e. The molecule has 1 rings (SSSR count). The van der Waals surface area contributed by atoms with Gasteiger partial charge in [-0.3, -0.25) is 4.90 Å². The summed E-state index contributed by atoms with van der Waals surface area (Å²) in [5, 5.41) is 3.43. The van der Waals surface area contributed by atoms with Crippen molar-refractivity contribution >= 4 is 0 Å². The average Bonchev–Trinajstić information content (AvgIpc) is 2.88. The summed E-state index contributed by atoms with van der Waals surface area (Å²) in [5.41, 5.74) is 0.434. The summed E-state index contributed by atoms with van der Waals surface area (Å²) in [6.45, 7) is 13.2. The number of nitrogens with zero attached hydrogens (tertiary/aromatic N) is 1. The van der Waals surface area contributed by atoms with Crippen molar-refractivity contribution in [2.75, 3.05) is 26.7 Å². The Morgan fingerprint density at radius 1 is 1.25 bits per heavy atom. The van der Waals surface area contributed by atoms with Gasteiger partial charge in [0, 0.05) is 19.1 Å². The summed E-state index contributed by atoms with van der Waals surface area (Å²) in [6.07, 6.45) is 9.72. The van der Waals surface area contributed by atoms with Gasteiger partial charge in [0.25, 0.3) is 0 Å². The zero-order valence-corrected chi connectivity index (χ0v) is 14.7. The van der Waals surface area contributed by atoms with E-state index in [2.05, 4.69) is 45.0 Å². The predicted molar refractivity (Wildman–Crippen MR) is 90.2 cm³/mol. The summed E-state index contributed by atoms with van der Waals surface area (Å²) < 4.78 is 0. The number of nitrogens with one attached hydrogen (secondary N) is 1. The molecule has 1 aliphatic rings. The van der Waals surface area contributed by atoms with Gasteiger partial charge in [-0.05, 0) is 50.6 Å². The van der Waals surface area contributed by atoms with Crippen LogP contribution in [0.1, 0.15) is 72.6 Å². The highest BCUT2D eigenvalue weighted by Gasteiger charge is 2.30. The molecule has 0 radical (unpaired) electrons. The molecule has 2 nitrogen and oxygen atoms in total. The van der Waals surface area contributed by atoms with Crippen LogP contribution in [0.5, 0.6) is 0 Å². The minimum absolute atomic E-state index is 0.434. The van der Waals surface area contributed by atoms with Crippen molar-refractivity contribution in [2.24, 2.45) is 11.3 Å². The number of hydrogen-bond acceptors (Lipinski definition) is 2. The highest BCUT2D eigenvalue weighted by atomic mass is 15.2. The molecule has 0 aliphatic heterocycles. The maximum Gasteiger partial charge on any atom is 0.00955 e. The quantitative estimate of drug-likeness (QED) is 0.642. The van der Waals surface area contributed by atoms with Gasteiger partial charge in [-0.2, -0.15) is 0 Å². The molecule has 1 saturated carbocycles. The van der Waals surface area contributed by atoms with E-state index in [0.717, 1.165) is 18.5 Å². The van der Waals surface area contributed by atoms with E-state index in [9.17, 15) is 0 Å². The fourth-order valence-electron chi connectivity index (χ4n) is 3.83. The summed E-state index contributed by atoms with van der Waals surface area (Å²) in [7, 11) is 2.10. The number of hydrogen-bond donors (Lipinski definition) is 1. The van der Waals surface area contributed by atoms with Crippen molar-refractivity contribution in [3.8, 4) is 0 Å². The molecule has 0 bridgehead atoms. The predicted octanol–water partition coefficient (Wildman–Crippen LogP) is 4.30. The van der Waals surface area contributed by atoms with Crippen molar-refractivity contribution in [3.05, 3.63) is 0 Å². The summed E-state index contributed by atoms with van der Waals surface area (Å²) in [4.78, 5) is 2.83. The van der Waals surface area contributed by atoms with Gasteiger partial charge in [-0.1, -0.05) is 47.0 Å². The Bertz CT molecular complexity index is 238. The molecular weight excluding hydrogens is 244 g/mol. The first-order valence-electron chi connectivity index (χ1n) is 8.89. The normalized spacial score (nSPS) is 19.9. The molecule has 1 fully saturated rings. The Labute approximate surface area is 127 Å². The Kier molecular flexibility index (Phi) is 8.13. The highest BCUT2D eigenvalue weighted by Crippen LogP contribution is 2.30. The molecule has 0 amide bonds. The minimum atomic E-state index is 0.434. The van der Waals surface area contributed by atoms with Crippen molar-refractivity contribution < 1.29 is 0 Å². The van der Waals surface area contributed by atoms with E-state index in [0.29, 0.717) is 5.41 Å². The van der Waals surface area contributed by atoms with Crippen LogP contribution < -0.4 is 5.32 Å². The SMILES string of the molecule is CCCC(C)(CNC)CN(CCC(C)C)C1CCCC1. The van der Waals surface area contributed by atoms with Gasteiger partial charge in [0.05, 0.1) is 0 Å². The molecule has 1 atom stereocenters. The average molecular weight is 283 g/mol. The van der Waals surface area contributed by atoms with Gasteiger partial charge < -0.3 is 5.32 Å². The van der Waals surface area contributed by atoms with Crippen molar-refractivity contribution in [1.82, 2.24) is 10.2 Å². The lowest BCUT2D eigenvalue weighted by Gasteiger charge is -2.39. The molecule has 0 aromatic rings. The van der Waals surface area contributed by atoms with Crippen molar-refractivity contribution in [2.45, 2.75) is 78.7 Å². The van der Waals surface area contributed by atoms with Crippen LogP contribution in [-0.4, -0.2) is 37.6 Å². The molecule has 120 valence electrons. The van der Waals surface area contributed by atoms with E-state index >= 15 is 0 Å². The Morgan fingerprint density at radius 3 is 2.40 bits per heavy atom. The van der Waals surface area contributed by atoms with Gasteiger partial charge in [0.1, 0.15) is 0 Å². The third-order valence-electron chi connectivity index (χ3n) is 4.88. The van der Waals surface area contributed by atoms with Gasteiger partial charge in [-0.15, -0.1) is 0 Å². The second kappa shape index (κ2) is 9.04. The fourth-order valence-corrected chi connectivity index (χ4v) is 3.83. The molecule has 1 unspecified atom stereocenters. The lowest BCUT2D eigenvalue weighted by molar-refractivity contribution is 0.107. The maximum atomic E-state index is 3.43. The lowest BCUT2D eigenvalue weighted by atomic mass is 9.84. The number of rotatable bonds is 10. The zero-order chi connectivity index (χ0) is 15.0. The molecule has 0 spiro atoms. The van der Waals surface area contributed by atoms with E-state index in [4.69, 9.17) is 0 Å². The van der Waals surface area contributed by atoms with E-state index < -0.39 is 0 Å². The van der Waals surface area contributed by atoms with E-state index in [-0.39, 0.29) is 0 Å². The lowest BCUT2D eigenvalue weighted by Crippen LogP contribution is -2.45. The maximum absolute atomic E-state index is 3.43. The van der Waals surface area contributed by atoms with Crippen LogP contribution in [0.4, 0.5) is 0 Å².